The molecule has 2 heterocycles. The number of ether oxygens (including phenoxy) is 1. The van der Waals surface area contributed by atoms with Gasteiger partial charge in [-0.25, -0.2) is 0 Å². The molecule has 1 aliphatic carbocycles. The molecule has 1 saturated heterocycles. The summed E-state index contributed by atoms with van der Waals surface area (Å²) >= 11 is 0. The molecule has 0 spiro atoms. The molecule has 1 fully saturated rings. The van der Waals surface area contributed by atoms with E-state index in [0.717, 1.165) is 18.4 Å². The second-order valence-corrected chi connectivity index (χ2v) is 8.02. The van der Waals surface area contributed by atoms with Gasteiger partial charge in [-0.2, -0.15) is 18.3 Å². The molecule has 2 aliphatic rings. The van der Waals surface area contributed by atoms with E-state index in [1.807, 2.05) is 30.3 Å². The van der Waals surface area contributed by atoms with Crippen molar-refractivity contribution in [2.75, 3.05) is 19.8 Å². The van der Waals surface area contributed by atoms with E-state index >= 15 is 0 Å². The molecule has 0 atom stereocenters. The Labute approximate surface area is 173 Å². The maximum Gasteiger partial charge on any atom is 0.435 e. The lowest BCUT2D eigenvalue weighted by molar-refractivity contribution is -0.142. The van der Waals surface area contributed by atoms with Gasteiger partial charge in [-0.1, -0.05) is 30.3 Å². The highest BCUT2D eigenvalue weighted by molar-refractivity contribution is 5.88. The molecule has 1 amide bonds. The highest BCUT2D eigenvalue weighted by atomic mass is 19.4. The van der Waals surface area contributed by atoms with E-state index in [-0.39, 0.29) is 19.0 Å². The molecule has 1 aromatic carbocycles. The molecule has 30 heavy (non-hydrogen) atoms. The molecule has 1 aliphatic heterocycles. The number of halogens is 3. The number of aromatic nitrogens is 2. The monoisotopic (exact) mass is 421 g/mol. The maximum absolute atomic E-state index is 13.4. The Morgan fingerprint density at radius 3 is 2.53 bits per heavy atom. The van der Waals surface area contributed by atoms with Crippen LogP contribution in [0.15, 0.2) is 30.3 Å². The third-order valence-corrected chi connectivity index (χ3v) is 6.24. The Kier molecular flexibility index (Phi) is 5.86. The van der Waals surface area contributed by atoms with E-state index < -0.39 is 17.3 Å². The lowest BCUT2D eigenvalue weighted by Gasteiger charge is -2.36. The minimum absolute atomic E-state index is 0.103. The summed E-state index contributed by atoms with van der Waals surface area (Å²) < 4.78 is 47.0. The van der Waals surface area contributed by atoms with Gasteiger partial charge in [-0.05, 0) is 44.1 Å². The van der Waals surface area contributed by atoms with Gasteiger partial charge in [0.1, 0.15) is 0 Å². The van der Waals surface area contributed by atoms with Crippen LogP contribution in [-0.2, 0) is 40.5 Å². The fourth-order valence-electron chi connectivity index (χ4n) is 4.65. The van der Waals surface area contributed by atoms with Gasteiger partial charge in [0, 0.05) is 31.0 Å². The Hall–Kier alpha value is -2.35. The Morgan fingerprint density at radius 2 is 1.83 bits per heavy atom. The summed E-state index contributed by atoms with van der Waals surface area (Å²) in [5.41, 5.74) is 0.493. The normalized spacial score (nSPS) is 18.6. The summed E-state index contributed by atoms with van der Waals surface area (Å²) in [6.07, 6.45) is -0.670. The fourth-order valence-corrected chi connectivity index (χ4v) is 4.65. The molecule has 0 unspecified atom stereocenters. The van der Waals surface area contributed by atoms with Crippen LogP contribution in [0.1, 0.15) is 48.2 Å². The summed E-state index contributed by atoms with van der Waals surface area (Å²) in [6.45, 7) is 1.47. The van der Waals surface area contributed by atoms with E-state index in [9.17, 15) is 18.0 Å². The first-order valence-corrected chi connectivity index (χ1v) is 10.5. The van der Waals surface area contributed by atoms with E-state index in [0.29, 0.717) is 50.2 Å². The molecular formula is C22H26F3N3O2. The van der Waals surface area contributed by atoms with E-state index in [4.69, 9.17) is 4.74 Å². The van der Waals surface area contributed by atoms with Crippen molar-refractivity contribution in [2.45, 2.75) is 56.7 Å². The Morgan fingerprint density at radius 1 is 1.13 bits per heavy atom. The van der Waals surface area contributed by atoms with Gasteiger partial charge in [0.2, 0.25) is 5.91 Å². The Bertz CT molecular complexity index is 887. The molecule has 162 valence electrons. The molecule has 1 N–H and O–H groups in total. The van der Waals surface area contributed by atoms with Crippen LogP contribution < -0.4 is 5.32 Å². The molecule has 2 aromatic rings. The lowest BCUT2D eigenvalue weighted by atomic mass is 9.73. The maximum atomic E-state index is 13.4. The summed E-state index contributed by atoms with van der Waals surface area (Å²) in [6, 6.07) is 9.63. The fraction of sp³-hybridized carbons (Fsp3) is 0.545. The van der Waals surface area contributed by atoms with Crippen LogP contribution in [0.25, 0.3) is 0 Å². The predicted molar refractivity (Wildman–Crippen MR) is 105 cm³/mol. The van der Waals surface area contributed by atoms with Crippen LogP contribution in [0.2, 0.25) is 0 Å². The summed E-state index contributed by atoms with van der Waals surface area (Å²) in [4.78, 5) is 13.2. The van der Waals surface area contributed by atoms with Crippen LogP contribution in [0.5, 0.6) is 0 Å². The number of rotatable bonds is 5. The zero-order valence-electron chi connectivity index (χ0n) is 16.8. The zero-order chi connectivity index (χ0) is 21.2. The molecule has 1 aromatic heterocycles. The van der Waals surface area contributed by atoms with Crippen molar-refractivity contribution in [3.63, 3.8) is 0 Å². The van der Waals surface area contributed by atoms with E-state index in [2.05, 4.69) is 10.4 Å². The minimum Gasteiger partial charge on any atom is -0.381 e. The van der Waals surface area contributed by atoms with Crippen molar-refractivity contribution >= 4 is 5.91 Å². The predicted octanol–water partition coefficient (Wildman–Crippen LogP) is 3.65. The van der Waals surface area contributed by atoms with Gasteiger partial charge in [-0.3, -0.25) is 9.48 Å². The third kappa shape index (κ3) is 3.97. The van der Waals surface area contributed by atoms with Crippen LogP contribution in [0.3, 0.4) is 0 Å². The first-order valence-electron chi connectivity index (χ1n) is 10.5. The van der Waals surface area contributed by atoms with Crippen LogP contribution in [0, 0.1) is 0 Å². The zero-order valence-corrected chi connectivity index (χ0v) is 16.8. The van der Waals surface area contributed by atoms with Crippen LogP contribution in [0.4, 0.5) is 13.2 Å². The summed E-state index contributed by atoms with van der Waals surface area (Å²) in [5, 5.41) is 6.83. The van der Waals surface area contributed by atoms with Gasteiger partial charge >= 0.3 is 6.18 Å². The molecular weight excluding hydrogens is 395 g/mol. The van der Waals surface area contributed by atoms with Gasteiger partial charge in [-0.15, -0.1) is 0 Å². The average molecular weight is 421 g/mol. The first kappa shape index (κ1) is 20.9. The number of carbonyl (C=O) groups excluding carboxylic acids is 1. The summed E-state index contributed by atoms with van der Waals surface area (Å²) in [5.74, 6) is -0.103. The van der Waals surface area contributed by atoms with Crippen molar-refractivity contribution in [3.05, 3.63) is 52.8 Å². The van der Waals surface area contributed by atoms with Crippen molar-refractivity contribution in [1.82, 2.24) is 15.1 Å². The number of hydrogen-bond acceptors (Lipinski definition) is 3. The van der Waals surface area contributed by atoms with Crippen molar-refractivity contribution in [2.24, 2.45) is 0 Å². The number of carbonyl (C=O) groups is 1. The van der Waals surface area contributed by atoms with E-state index in [1.165, 1.54) is 4.68 Å². The van der Waals surface area contributed by atoms with Crippen LogP contribution in [-0.4, -0.2) is 35.4 Å². The molecule has 8 heteroatoms. The number of nitrogens with one attached hydrogen (secondary N) is 1. The average Bonchev–Trinajstić information content (AvgIpc) is 3.14. The van der Waals surface area contributed by atoms with Gasteiger partial charge in [0.15, 0.2) is 5.69 Å². The van der Waals surface area contributed by atoms with E-state index in [1.54, 1.807) is 0 Å². The highest BCUT2D eigenvalue weighted by Crippen LogP contribution is 2.36. The largest absolute Gasteiger partial charge is 0.435 e. The lowest BCUT2D eigenvalue weighted by Crippen LogP contribution is -2.48. The SMILES string of the molecule is O=C(NCCn1nc(C(F)(F)F)c2c1CCCC2)C1(c2ccccc2)CCOCC1. The quantitative estimate of drug-likeness (QED) is 0.802. The van der Waals surface area contributed by atoms with Crippen molar-refractivity contribution < 1.29 is 22.7 Å². The highest BCUT2D eigenvalue weighted by Gasteiger charge is 2.42. The number of amides is 1. The Balaban J connectivity index is 1.49. The van der Waals surface area contributed by atoms with Gasteiger partial charge in [0.25, 0.3) is 0 Å². The number of hydrogen-bond donors (Lipinski definition) is 1. The number of nitrogens with zero attached hydrogens (tertiary/aromatic N) is 2. The minimum atomic E-state index is -4.45. The topological polar surface area (TPSA) is 56.2 Å². The van der Waals surface area contributed by atoms with Gasteiger partial charge in [0.05, 0.1) is 12.0 Å². The number of benzene rings is 1. The van der Waals surface area contributed by atoms with Gasteiger partial charge < -0.3 is 10.1 Å². The number of fused-ring (bicyclic) bond motifs is 1. The molecule has 0 saturated carbocycles. The van der Waals surface area contributed by atoms with Crippen molar-refractivity contribution in [3.8, 4) is 0 Å². The molecule has 5 nitrogen and oxygen atoms in total. The third-order valence-electron chi connectivity index (χ3n) is 6.24. The summed E-state index contributed by atoms with van der Waals surface area (Å²) in [7, 11) is 0. The smallest absolute Gasteiger partial charge is 0.381 e. The molecule has 4 rings (SSSR count). The second kappa shape index (κ2) is 8.41. The second-order valence-electron chi connectivity index (χ2n) is 8.02. The molecule has 0 radical (unpaired) electrons. The number of alkyl halides is 3. The standard InChI is InChI=1S/C22H26F3N3O2/c23-22(24,25)19-17-8-4-5-9-18(17)28(27-19)13-12-26-20(29)21(10-14-30-15-11-21)16-6-2-1-3-7-16/h1-3,6-7H,4-5,8-15H2,(H,26,29). The molecule has 0 bridgehead atoms. The first-order chi connectivity index (χ1) is 14.4. The van der Waals surface area contributed by atoms with Crippen molar-refractivity contribution in [1.29, 1.82) is 0 Å². The van der Waals surface area contributed by atoms with Crippen LogP contribution >= 0.6 is 0 Å².